The van der Waals surface area contributed by atoms with Gasteiger partial charge < -0.3 is 24.1 Å². The third-order valence-corrected chi connectivity index (χ3v) is 5.62. The normalized spacial score (nSPS) is 15.2. The monoisotopic (exact) mass is 459 g/mol. The number of aromatic nitrogens is 2. The first-order valence-electron chi connectivity index (χ1n) is 11.0. The van der Waals surface area contributed by atoms with Gasteiger partial charge in [0, 0.05) is 13.3 Å². The van der Waals surface area contributed by atoms with Crippen LogP contribution in [0.4, 0.5) is 0 Å². The second-order valence-corrected chi connectivity index (χ2v) is 8.02. The summed E-state index contributed by atoms with van der Waals surface area (Å²) in [7, 11) is 2.69. The molecule has 1 aliphatic rings. The fraction of sp³-hybridized carbons (Fsp3) is 0.522. The molecular formula is C23H29N3O7. The van der Waals surface area contributed by atoms with Crippen LogP contribution >= 0.6 is 0 Å². The lowest BCUT2D eigenvalue weighted by Crippen LogP contribution is -2.45. The van der Waals surface area contributed by atoms with Crippen molar-refractivity contribution in [1.82, 2.24) is 15.5 Å². The van der Waals surface area contributed by atoms with E-state index in [0.717, 1.165) is 38.5 Å². The van der Waals surface area contributed by atoms with E-state index in [9.17, 15) is 14.4 Å². The van der Waals surface area contributed by atoms with E-state index in [-0.39, 0.29) is 35.8 Å². The Labute approximate surface area is 192 Å². The van der Waals surface area contributed by atoms with Crippen molar-refractivity contribution in [3.05, 3.63) is 35.5 Å². The lowest BCUT2D eigenvalue weighted by Gasteiger charge is -2.30. The van der Waals surface area contributed by atoms with Crippen molar-refractivity contribution < 1.29 is 33.1 Å². The van der Waals surface area contributed by atoms with Gasteiger partial charge in [0.1, 0.15) is 5.54 Å². The molecule has 0 atom stereocenters. The summed E-state index contributed by atoms with van der Waals surface area (Å²) in [6.07, 6.45) is 5.80. The van der Waals surface area contributed by atoms with Crippen LogP contribution in [0.15, 0.2) is 22.7 Å². The van der Waals surface area contributed by atoms with Crippen molar-refractivity contribution >= 4 is 17.8 Å². The van der Waals surface area contributed by atoms with E-state index in [4.69, 9.17) is 14.0 Å². The van der Waals surface area contributed by atoms with Crippen LogP contribution in [0.2, 0.25) is 0 Å². The Balaban J connectivity index is 1.64. The highest BCUT2D eigenvalue weighted by atomic mass is 16.6. The average Bonchev–Trinajstić information content (AvgIpc) is 3.17. The number of benzene rings is 1. The molecule has 33 heavy (non-hydrogen) atoms. The van der Waals surface area contributed by atoms with Gasteiger partial charge in [-0.25, -0.2) is 4.79 Å². The van der Waals surface area contributed by atoms with Crippen molar-refractivity contribution in [2.45, 2.75) is 63.8 Å². The van der Waals surface area contributed by atoms with Crippen LogP contribution in [0, 0.1) is 0 Å². The Bertz CT molecular complexity index is 994. The molecule has 1 aromatic carbocycles. The van der Waals surface area contributed by atoms with Crippen LogP contribution in [0.3, 0.4) is 0 Å². The SMILES string of the molecule is COC(=O)c1ccc(OC(=O)CCc2nc(C3(NC(C)=O)CCCCCC3)no2)c(OC)c1. The van der Waals surface area contributed by atoms with E-state index in [2.05, 4.69) is 20.2 Å². The highest BCUT2D eigenvalue weighted by Gasteiger charge is 2.38. The number of esters is 2. The molecule has 2 aromatic rings. The molecule has 0 bridgehead atoms. The van der Waals surface area contributed by atoms with E-state index in [1.807, 2.05) is 0 Å². The van der Waals surface area contributed by atoms with Crippen molar-refractivity contribution in [2.24, 2.45) is 0 Å². The minimum absolute atomic E-state index is 0.00330. The summed E-state index contributed by atoms with van der Waals surface area (Å²) in [5.74, 6) is -0.0266. The Morgan fingerprint density at radius 1 is 1.09 bits per heavy atom. The second kappa shape index (κ2) is 10.9. The molecule has 1 aliphatic carbocycles. The van der Waals surface area contributed by atoms with E-state index < -0.39 is 17.5 Å². The molecule has 0 radical (unpaired) electrons. The van der Waals surface area contributed by atoms with Crippen LogP contribution in [0.5, 0.6) is 11.5 Å². The lowest BCUT2D eigenvalue weighted by molar-refractivity contribution is -0.134. The van der Waals surface area contributed by atoms with Gasteiger partial charge in [-0.2, -0.15) is 4.98 Å². The molecular weight excluding hydrogens is 430 g/mol. The molecule has 1 N–H and O–H groups in total. The van der Waals surface area contributed by atoms with Crippen molar-refractivity contribution in [3.63, 3.8) is 0 Å². The minimum Gasteiger partial charge on any atom is -0.493 e. The Morgan fingerprint density at radius 3 is 2.45 bits per heavy atom. The number of ether oxygens (including phenoxy) is 3. The molecule has 10 heteroatoms. The molecule has 3 rings (SSSR count). The summed E-state index contributed by atoms with van der Waals surface area (Å²) < 4.78 is 20.6. The molecule has 0 spiro atoms. The standard InChI is InChI=1S/C23H29N3O7/c1-15(27)25-23(12-6-4-5-7-13-23)22-24-19(33-26-22)10-11-20(28)32-17-9-8-16(21(29)31-3)14-18(17)30-2/h8-9,14H,4-7,10-13H2,1-3H3,(H,25,27). The van der Waals surface area contributed by atoms with Crippen LogP contribution in [0.25, 0.3) is 0 Å². The predicted molar refractivity (Wildman–Crippen MR) is 116 cm³/mol. The molecule has 0 unspecified atom stereocenters. The van der Waals surface area contributed by atoms with E-state index in [1.165, 1.54) is 39.3 Å². The van der Waals surface area contributed by atoms with E-state index in [0.29, 0.717) is 11.7 Å². The number of hydrogen-bond donors (Lipinski definition) is 1. The number of rotatable bonds is 8. The summed E-state index contributed by atoms with van der Waals surface area (Å²) >= 11 is 0. The third-order valence-electron chi connectivity index (χ3n) is 5.62. The van der Waals surface area contributed by atoms with Gasteiger partial charge in [0.05, 0.1) is 26.2 Å². The number of methoxy groups -OCH3 is 2. The number of hydrogen-bond acceptors (Lipinski definition) is 9. The fourth-order valence-electron chi connectivity index (χ4n) is 4.00. The minimum atomic E-state index is -0.640. The number of nitrogens with zero attached hydrogens (tertiary/aromatic N) is 2. The van der Waals surface area contributed by atoms with Gasteiger partial charge in [-0.15, -0.1) is 0 Å². The Morgan fingerprint density at radius 2 is 1.82 bits per heavy atom. The number of amides is 1. The first kappa shape index (κ1) is 24.2. The van der Waals surface area contributed by atoms with Crippen LogP contribution in [-0.4, -0.2) is 42.2 Å². The highest BCUT2D eigenvalue weighted by molar-refractivity contribution is 5.90. The summed E-state index contributed by atoms with van der Waals surface area (Å²) in [5.41, 5.74) is -0.363. The van der Waals surface area contributed by atoms with Gasteiger partial charge in [-0.1, -0.05) is 30.8 Å². The summed E-state index contributed by atoms with van der Waals surface area (Å²) in [6.45, 7) is 1.48. The molecule has 10 nitrogen and oxygen atoms in total. The van der Waals surface area contributed by atoms with Crippen molar-refractivity contribution in [2.75, 3.05) is 14.2 Å². The first-order valence-corrected chi connectivity index (χ1v) is 11.0. The molecule has 1 fully saturated rings. The smallest absolute Gasteiger partial charge is 0.337 e. The zero-order valence-corrected chi connectivity index (χ0v) is 19.1. The first-order chi connectivity index (χ1) is 15.9. The molecule has 178 valence electrons. The Hall–Kier alpha value is -3.43. The average molecular weight is 459 g/mol. The summed E-state index contributed by atoms with van der Waals surface area (Å²) in [6, 6.07) is 4.39. The van der Waals surface area contributed by atoms with E-state index >= 15 is 0 Å². The summed E-state index contributed by atoms with van der Waals surface area (Å²) in [4.78, 5) is 40.3. The zero-order valence-electron chi connectivity index (χ0n) is 19.1. The molecule has 1 saturated carbocycles. The quantitative estimate of drug-likeness (QED) is 0.359. The van der Waals surface area contributed by atoms with Gasteiger partial charge in [0.2, 0.25) is 11.8 Å². The van der Waals surface area contributed by atoms with Crippen molar-refractivity contribution in [3.8, 4) is 11.5 Å². The topological polar surface area (TPSA) is 130 Å². The largest absolute Gasteiger partial charge is 0.493 e. The number of carbonyl (C=O) groups is 3. The van der Waals surface area contributed by atoms with Gasteiger partial charge >= 0.3 is 11.9 Å². The maximum atomic E-state index is 12.4. The maximum absolute atomic E-state index is 12.4. The van der Waals surface area contributed by atoms with Crippen LogP contribution < -0.4 is 14.8 Å². The lowest BCUT2D eigenvalue weighted by atomic mass is 9.89. The van der Waals surface area contributed by atoms with Crippen molar-refractivity contribution in [1.29, 1.82) is 0 Å². The zero-order chi connectivity index (χ0) is 23.8. The molecule has 0 aliphatic heterocycles. The molecule has 1 heterocycles. The second-order valence-electron chi connectivity index (χ2n) is 8.02. The summed E-state index contributed by atoms with van der Waals surface area (Å²) in [5, 5.41) is 7.14. The number of carbonyl (C=O) groups excluding carboxylic acids is 3. The van der Waals surface area contributed by atoms with E-state index in [1.54, 1.807) is 0 Å². The maximum Gasteiger partial charge on any atom is 0.337 e. The predicted octanol–water partition coefficient (Wildman–Crippen LogP) is 3.09. The number of aryl methyl sites for hydroxylation is 1. The van der Waals surface area contributed by atoms with Crippen LogP contribution in [0.1, 0.15) is 73.9 Å². The fourth-order valence-corrected chi connectivity index (χ4v) is 4.00. The van der Waals surface area contributed by atoms with Gasteiger partial charge in [-0.3, -0.25) is 9.59 Å². The molecule has 0 saturated heterocycles. The van der Waals surface area contributed by atoms with Gasteiger partial charge in [0.25, 0.3) is 0 Å². The Kier molecular flexibility index (Phi) is 8.02. The molecule has 1 amide bonds. The van der Waals surface area contributed by atoms with Crippen LogP contribution in [-0.2, 0) is 26.3 Å². The number of nitrogens with one attached hydrogen (secondary N) is 1. The highest BCUT2D eigenvalue weighted by Crippen LogP contribution is 2.35. The third kappa shape index (κ3) is 6.09. The van der Waals surface area contributed by atoms with Gasteiger partial charge in [-0.05, 0) is 31.0 Å². The van der Waals surface area contributed by atoms with Gasteiger partial charge in [0.15, 0.2) is 17.3 Å². The molecule has 1 aromatic heterocycles.